The van der Waals surface area contributed by atoms with Gasteiger partial charge in [-0.2, -0.15) is 5.26 Å². The lowest BCUT2D eigenvalue weighted by Gasteiger charge is -2.11. The molecule has 0 amide bonds. The molecule has 21 heavy (non-hydrogen) atoms. The lowest BCUT2D eigenvalue weighted by atomic mass is 10.1. The first kappa shape index (κ1) is 14.9. The number of halogens is 1. The number of nitrogens with one attached hydrogen (secondary N) is 1. The van der Waals surface area contributed by atoms with Crippen molar-refractivity contribution in [3.8, 4) is 6.07 Å². The molecule has 0 spiro atoms. The van der Waals surface area contributed by atoms with Crippen LogP contribution in [0.25, 0.3) is 0 Å². The van der Waals surface area contributed by atoms with Gasteiger partial charge < -0.3 is 10.1 Å². The number of nitriles is 1. The van der Waals surface area contributed by atoms with Gasteiger partial charge in [-0.1, -0.05) is 23.7 Å². The van der Waals surface area contributed by atoms with Crippen LogP contribution in [0.5, 0.6) is 0 Å². The fourth-order valence-corrected chi connectivity index (χ4v) is 2.07. The molecule has 0 aliphatic heterocycles. The number of benzene rings is 2. The van der Waals surface area contributed by atoms with E-state index in [4.69, 9.17) is 21.6 Å². The van der Waals surface area contributed by atoms with E-state index in [9.17, 15) is 4.79 Å². The van der Waals surface area contributed by atoms with Crippen LogP contribution in [-0.4, -0.2) is 13.1 Å². The van der Waals surface area contributed by atoms with E-state index in [1.165, 1.54) is 7.11 Å². The summed E-state index contributed by atoms with van der Waals surface area (Å²) in [5.74, 6) is -0.453. The lowest BCUT2D eigenvalue weighted by molar-refractivity contribution is 0.0602. The van der Waals surface area contributed by atoms with Crippen LogP contribution in [-0.2, 0) is 11.3 Å². The molecule has 0 bridgehead atoms. The predicted molar refractivity (Wildman–Crippen MR) is 81.3 cm³/mol. The normalized spacial score (nSPS) is 9.76. The highest BCUT2D eigenvalue weighted by Gasteiger charge is 2.12. The molecular weight excluding hydrogens is 288 g/mol. The summed E-state index contributed by atoms with van der Waals surface area (Å²) in [6.45, 7) is 0.487. The van der Waals surface area contributed by atoms with E-state index in [0.717, 1.165) is 5.56 Å². The molecule has 2 aromatic rings. The van der Waals surface area contributed by atoms with Crippen LogP contribution in [0.3, 0.4) is 0 Å². The molecule has 1 N–H and O–H groups in total. The van der Waals surface area contributed by atoms with Gasteiger partial charge in [-0.05, 0) is 35.9 Å². The molecule has 0 aliphatic rings. The molecule has 2 aromatic carbocycles. The number of nitrogens with zero attached hydrogens (tertiary/aromatic N) is 1. The van der Waals surface area contributed by atoms with Gasteiger partial charge in [0.15, 0.2) is 0 Å². The number of anilines is 1. The molecule has 0 unspecified atom stereocenters. The quantitative estimate of drug-likeness (QED) is 0.876. The lowest BCUT2D eigenvalue weighted by Crippen LogP contribution is -2.08. The number of carbonyl (C=O) groups excluding carboxylic acids is 1. The number of methoxy groups -OCH3 is 1. The minimum absolute atomic E-state index is 0.376. The van der Waals surface area contributed by atoms with Crippen LogP contribution >= 0.6 is 11.6 Å². The third kappa shape index (κ3) is 3.74. The van der Waals surface area contributed by atoms with Gasteiger partial charge in [0.2, 0.25) is 0 Å². The summed E-state index contributed by atoms with van der Waals surface area (Å²) in [6.07, 6.45) is 0. The largest absolute Gasteiger partial charge is 0.465 e. The Labute approximate surface area is 127 Å². The van der Waals surface area contributed by atoms with Crippen molar-refractivity contribution in [2.75, 3.05) is 12.4 Å². The minimum Gasteiger partial charge on any atom is -0.465 e. The average molecular weight is 301 g/mol. The molecule has 0 saturated carbocycles. The summed E-state index contributed by atoms with van der Waals surface area (Å²) in [4.78, 5) is 11.7. The van der Waals surface area contributed by atoms with Gasteiger partial charge >= 0.3 is 5.97 Å². The zero-order chi connectivity index (χ0) is 15.2. The van der Waals surface area contributed by atoms with Gasteiger partial charge in [0.25, 0.3) is 0 Å². The van der Waals surface area contributed by atoms with Gasteiger partial charge in [-0.25, -0.2) is 4.79 Å². The zero-order valence-electron chi connectivity index (χ0n) is 11.4. The van der Waals surface area contributed by atoms with Crippen LogP contribution in [0, 0.1) is 11.3 Å². The van der Waals surface area contributed by atoms with Crippen LogP contribution in [0.1, 0.15) is 21.5 Å². The van der Waals surface area contributed by atoms with Gasteiger partial charge in [0.1, 0.15) is 0 Å². The third-order valence-corrected chi connectivity index (χ3v) is 3.16. The van der Waals surface area contributed by atoms with Crippen molar-refractivity contribution in [2.45, 2.75) is 6.54 Å². The second-order valence-corrected chi connectivity index (χ2v) is 4.78. The number of esters is 1. The van der Waals surface area contributed by atoms with Gasteiger partial charge in [0.05, 0.1) is 24.3 Å². The Balaban J connectivity index is 2.20. The van der Waals surface area contributed by atoms with Crippen molar-refractivity contribution in [2.24, 2.45) is 0 Å². The fourth-order valence-electron chi connectivity index (χ4n) is 1.90. The first-order valence-electron chi connectivity index (χ1n) is 6.25. The molecule has 0 heterocycles. The summed E-state index contributed by atoms with van der Waals surface area (Å²) >= 11 is 5.90. The molecule has 0 radical (unpaired) electrons. The van der Waals surface area contributed by atoms with E-state index in [-0.39, 0.29) is 0 Å². The highest BCUT2D eigenvalue weighted by atomic mass is 35.5. The van der Waals surface area contributed by atoms with Crippen LogP contribution in [0.2, 0.25) is 5.02 Å². The zero-order valence-corrected chi connectivity index (χ0v) is 12.1. The molecule has 106 valence electrons. The Bertz CT molecular complexity index is 708. The van der Waals surface area contributed by atoms with Crippen molar-refractivity contribution in [3.05, 3.63) is 64.2 Å². The number of hydrogen-bond acceptors (Lipinski definition) is 4. The fraction of sp³-hybridized carbons (Fsp3) is 0.125. The van der Waals surface area contributed by atoms with Gasteiger partial charge in [-0.3, -0.25) is 0 Å². The van der Waals surface area contributed by atoms with Crippen molar-refractivity contribution in [1.82, 2.24) is 0 Å². The molecule has 0 aliphatic carbocycles. The Kier molecular flexibility index (Phi) is 4.81. The molecule has 0 aromatic heterocycles. The SMILES string of the molecule is COC(=O)c1cc(Cl)ccc1NCc1cccc(C#N)c1. The molecule has 0 atom stereocenters. The number of hydrogen-bond donors (Lipinski definition) is 1. The summed E-state index contributed by atoms with van der Waals surface area (Å²) in [5, 5.41) is 12.5. The monoisotopic (exact) mass is 300 g/mol. The standard InChI is InChI=1S/C16H13ClN2O2/c1-21-16(20)14-8-13(17)5-6-15(14)19-10-12-4-2-3-11(7-12)9-18/h2-8,19H,10H2,1H3. The number of carbonyl (C=O) groups is 1. The minimum atomic E-state index is -0.453. The maximum Gasteiger partial charge on any atom is 0.340 e. The number of rotatable bonds is 4. The van der Waals surface area contributed by atoms with Crippen LogP contribution < -0.4 is 5.32 Å². The summed E-state index contributed by atoms with van der Waals surface area (Å²) in [7, 11) is 1.32. The maximum atomic E-state index is 11.7. The number of ether oxygens (including phenoxy) is 1. The Morgan fingerprint density at radius 1 is 1.33 bits per heavy atom. The summed E-state index contributed by atoms with van der Waals surface area (Å²) < 4.78 is 4.74. The smallest absolute Gasteiger partial charge is 0.340 e. The van der Waals surface area contributed by atoms with E-state index in [1.54, 1.807) is 30.3 Å². The van der Waals surface area contributed by atoms with Crippen LogP contribution in [0.4, 0.5) is 5.69 Å². The van der Waals surface area contributed by atoms with E-state index in [1.807, 2.05) is 12.1 Å². The summed E-state index contributed by atoms with van der Waals surface area (Å²) in [6, 6.07) is 14.3. The van der Waals surface area contributed by atoms with Crippen molar-refractivity contribution in [3.63, 3.8) is 0 Å². The molecule has 4 nitrogen and oxygen atoms in total. The summed E-state index contributed by atoms with van der Waals surface area (Å²) in [5.41, 5.74) is 2.55. The Morgan fingerprint density at radius 3 is 2.86 bits per heavy atom. The molecular formula is C16H13ClN2O2. The molecule has 0 fully saturated rings. The molecule has 0 saturated heterocycles. The van der Waals surface area contributed by atoms with Crippen molar-refractivity contribution < 1.29 is 9.53 Å². The van der Waals surface area contributed by atoms with E-state index < -0.39 is 5.97 Å². The molecule has 5 heteroatoms. The van der Waals surface area contributed by atoms with E-state index >= 15 is 0 Å². The Morgan fingerprint density at radius 2 is 2.14 bits per heavy atom. The van der Waals surface area contributed by atoms with E-state index in [2.05, 4.69) is 11.4 Å². The first-order valence-corrected chi connectivity index (χ1v) is 6.62. The second-order valence-electron chi connectivity index (χ2n) is 4.35. The van der Waals surface area contributed by atoms with Crippen molar-refractivity contribution in [1.29, 1.82) is 5.26 Å². The average Bonchev–Trinajstić information content (AvgIpc) is 2.53. The van der Waals surface area contributed by atoms with Crippen molar-refractivity contribution >= 4 is 23.3 Å². The predicted octanol–water partition coefficient (Wildman–Crippen LogP) is 3.61. The highest BCUT2D eigenvalue weighted by molar-refractivity contribution is 6.31. The third-order valence-electron chi connectivity index (χ3n) is 2.93. The Hall–Kier alpha value is -2.51. The second kappa shape index (κ2) is 6.78. The topological polar surface area (TPSA) is 62.1 Å². The highest BCUT2D eigenvalue weighted by Crippen LogP contribution is 2.22. The van der Waals surface area contributed by atoms with Crippen LogP contribution in [0.15, 0.2) is 42.5 Å². The molecule has 2 rings (SSSR count). The van der Waals surface area contributed by atoms with E-state index in [0.29, 0.717) is 28.4 Å². The first-order chi connectivity index (χ1) is 10.1. The van der Waals surface area contributed by atoms with Gasteiger partial charge in [-0.15, -0.1) is 0 Å². The van der Waals surface area contributed by atoms with Gasteiger partial charge in [0, 0.05) is 17.3 Å². The maximum absolute atomic E-state index is 11.7.